The van der Waals surface area contributed by atoms with E-state index in [1.165, 1.54) is 12.1 Å². The SMILES string of the molecule is Cc1ccc(S(=O)(=O)N2C[C@H](O)C[C@H]2C(=O)NCc2cccc(Cl)c2)cc1. The molecule has 1 aliphatic heterocycles. The maximum absolute atomic E-state index is 12.9. The van der Waals surface area contributed by atoms with Crippen LogP contribution in [-0.2, 0) is 21.4 Å². The van der Waals surface area contributed by atoms with E-state index in [9.17, 15) is 18.3 Å². The second-order valence-corrected chi connectivity index (χ2v) is 8.97. The van der Waals surface area contributed by atoms with E-state index in [0.29, 0.717) is 5.02 Å². The molecule has 1 amide bonds. The van der Waals surface area contributed by atoms with E-state index in [1.54, 1.807) is 30.3 Å². The molecule has 2 aromatic rings. The summed E-state index contributed by atoms with van der Waals surface area (Å²) in [6, 6.07) is 12.5. The Balaban J connectivity index is 1.77. The molecule has 3 rings (SSSR count). The minimum absolute atomic E-state index is 0.0620. The molecule has 1 saturated heterocycles. The number of β-amino-alcohol motifs (C(OH)–C–C–N with tert-alkyl or cyclic N) is 1. The zero-order valence-corrected chi connectivity index (χ0v) is 16.4. The van der Waals surface area contributed by atoms with Crippen molar-refractivity contribution in [3.63, 3.8) is 0 Å². The number of carbonyl (C=O) groups excluding carboxylic acids is 1. The third-order valence-corrected chi connectivity index (χ3v) is 6.64. The van der Waals surface area contributed by atoms with Crippen molar-refractivity contribution in [2.75, 3.05) is 6.54 Å². The van der Waals surface area contributed by atoms with Crippen LogP contribution in [0.4, 0.5) is 0 Å². The minimum Gasteiger partial charge on any atom is -0.392 e. The van der Waals surface area contributed by atoms with Crippen molar-refractivity contribution in [1.82, 2.24) is 9.62 Å². The molecule has 0 aliphatic carbocycles. The zero-order chi connectivity index (χ0) is 19.6. The van der Waals surface area contributed by atoms with E-state index in [4.69, 9.17) is 11.6 Å². The molecule has 8 heteroatoms. The molecular weight excluding hydrogens is 388 g/mol. The fraction of sp³-hybridized carbons (Fsp3) is 0.316. The van der Waals surface area contributed by atoms with Gasteiger partial charge in [0.2, 0.25) is 15.9 Å². The highest BCUT2D eigenvalue weighted by atomic mass is 35.5. The smallest absolute Gasteiger partial charge is 0.243 e. The molecule has 1 heterocycles. The van der Waals surface area contributed by atoms with Crippen LogP contribution >= 0.6 is 11.6 Å². The molecule has 1 aliphatic rings. The number of carbonyl (C=O) groups is 1. The summed E-state index contributed by atoms with van der Waals surface area (Å²) in [4.78, 5) is 12.7. The summed E-state index contributed by atoms with van der Waals surface area (Å²) in [6.45, 7) is 1.98. The normalized spacial score (nSPS) is 20.6. The fourth-order valence-corrected chi connectivity index (χ4v) is 4.94. The highest BCUT2D eigenvalue weighted by molar-refractivity contribution is 7.89. The molecule has 0 unspecified atom stereocenters. The Kier molecular flexibility index (Phi) is 5.86. The van der Waals surface area contributed by atoms with Gasteiger partial charge in [-0.15, -0.1) is 0 Å². The van der Waals surface area contributed by atoms with Gasteiger partial charge in [0.25, 0.3) is 0 Å². The Labute approximate surface area is 163 Å². The summed E-state index contributed by atoms with van der Waals surface area (Å²) >= 11 is 5.94. The Hall–Kier alpha value is -1.93. The van der Waals surface area contributed by atoms with Crippen LogP contribution in [-0.4, -0.2) is 42.4 Å². The fourth-order valence-electron chi connectivity index (χ4n) is 3.09. The summed E-state index contributed by atoms with van der Waals surface area (Å²) in [5.74, 6) is -0.442. The van der Waals surface area contributed by atoms with E-state index in [0.717, 1.165) is 15.4 Å². The van der Waals surface area contributed by atoms with Crippen LogP contribution in [0.3, 0.4) is 0 Å². The lowest BCUT2D eigenvalue weighted by Gasteiger charge is -2.23. The Morgan fingerprint density at radius 1 is 1.26 bits per heavy atom. The van der Waals surface area contributed by atoms with Crippen molar-refractivity contribution < 1.29 is 18.3 Å². The van der Waals surface area contributed by atoms with Gasteiger partial charge in [-0.1, -0.05) is 41.4 Å². The molecule has 6 nitrogen and oxygen atoms in total. The van der Waals surface area contributed by atoms with Crippen LogP contribution in [0, 0.1) is 6.92 Å². The maximum atomic E-state index is 12.9. The summed E-state index contributed by atoms with van der Waals surface area (Å²) in [7, 11) is -3.88. The lowest BCUT2D eigenvalue weighted by molar-refractivity contribution is -0.124. The molecule has 2 atom stereocenters. The average Bonchev–Trinajstić information content (AvgIpc) is 3.03. The number of amides is 1. The van der Waals surface area contributed by atoms with Crippen molar-refractivity contribution >= 4 is 27.5 Å². The van der Waals surface area contributed by atoms with E-state index in [-0.39, 0.29) is 24.4 Å². The van der Waals surface area contributed by atoms with Crippen molar-refractivity contribution in [3.05, 3.63) is 64.7 Å². The van der Waals surface area contributed by atoms with Gasteiger partial charge >= 0.3 is 0 Å². The van der Waals surface area contributed by atoms with Gasteiger partial charge in [-0.3, -0.25) is 4.79 Å². The number of aliphatic hydroxyl groups is 1. The average molecular weight is 409 g/mol. The predicted molar refractivity (Wildman–Crippen MR) is 103 cm³/mol. The van der Waals surface area contributed by atoms with Crippen LogP contribution in [0.25, 0.3) is 0 Å². The largest absolute Gasteiger partial charge is 0.392 e. The van der Waals surface area contributed by atoms with Crippen LogP contribution in [0.2, 0.25) is 5.02 Å². The molecule has 0 bridgehead atoms. The first-order valence-corrected chi connectivity index (χ1v) is 10.4. The number of rotatable bonds is 5. The quantitative estimate of drug-likeness (QED) is 0.793. The number of hydrogen-bond acceptors (Lipinski definition) is 4. The van der Waals surface area contributed by atoms with E-state index < -0.39 is 28.1 Å². The first-order chi connectivity index (χ1) is 12.8. The van der Waals surface area contributed by atoms with Gasteiger partial charge in [-0.25, -0.2) is 8.42 Å². The van der Waals surface area contributed by atoms with Gasteiger partial charge in [0.15, 0.2) is 0 Å². The highest BCUT2D eigenvalue weighted by Crippen LogP contribution is 2.27. The standard InChI is InChI=1S/C19H21ClN2O4S/c1-13-5-7-17(8-6-13)27(25,26)22-12-16(23)10-18(22)19(24)21-11-14-3-2-4-15(20)9-14/h2-9,16,18,23H,10-12H2,1H3,(H,21,24)/t16-,18+/m1/s1. The van der Waals surface area contributed by atoms with Gasteiger partial charge in [0, 0.05) is 24.5 Å². The molecule has 2 N–H and O–H groups in total. The zero-order valence-electron chi connectivity index (χ0n) is 14.8. The second kappa shape index (κ2) is 7.98. The van der Waals surface area contributed by atoms with Gasteiger partial charge in [0.1, 0.15) is 6.04 Å². The number of benzene rings is 2. The van der Waals surface area contributed by atoms with E-state index >= 15 is 0 Å². The van der Waals surface area contributed by atoms with Crippen molar-refractivity contribution in [1.29, 1.82) is 0 Å². The highest BCUT2D eigenvalue weighted by Gasteiger charge is 2.43. The van der Waals surface area contributed by atoms with E-state index in [2.05, 4.69) is 5.32 Å². The van der Waals surface area contributed by atoms with Crippen molar-refractivity contribution in [2.24, 2.45) is 0 Å². The monoisotopic (exact) mass is 408 g/mol. The van der Waals surface area contributed by atoms with Gasteiger partial charge in [0.05, 0.1) is 11.0 Å². The molecule has 144 valence electrons. The minimum atomic E-state index is -3.88. The van der Waals surface area contributed by atoms with Gasteiger partial charge < -0.3 is 10.4 Å². The Morgan fingerprint density at radius 3 is 2.63 bits per heavy atom. The molecule has 0 saturated carbocycles. The molecular formula is C19H21ClN2O4S. The maximum Gasteiger partial charge on any atom is 0.243 e. The van der Waals surface area contributed by atoms with Gasteiger partial charge in [-0.2, -0.15) is 4.31 Å². The number of nitrogens with zero attached hydrogens (tertiary/aromatic N) is 1. The van der Waals surface area contributed by atoms with Crippen molar-refractivity contribution in [3.8, 4) is 0 Å². The number of nitrogens with one attached hydrogen (secondary N) is 1. The van der Waals surface area contributed by atoms with Crippen LogP contribution < -0.4 is 5.32 Å². The number of hydrogen-bond donors (Lipinski definition) is 2. The number of aliphatic hydroxyl groups excluding tert-OH is 1. The first kappa shape index (κ1) is 19.8. The topological polar surface area (TPSA) is 86.7 Å². The molecule has 2 aromatic carbocycles. The molecule has 27 heavy (non-hydrogen) atoms. The lowest BCUT2D eigenvalue weighted by atomic mass is 10.2. The first-order valence-electron chi connectivity index (χ1n) is 8.56. The summed E-state index contributed by atoms with van der Waals surface area (Å²) < 4.78 is 27.0. The molecule has 1 fully saturated rings. The number of halogens is 1. The molecule has 0 aromatic heterocycles. The van der Waals surface area contributed by atoms with Crippen LogP contribution in [0.15, 0.2) is 53.4 Å². The number of sulfonamides is 1. The summed E-state index contributed by atoms with van der Waals surface area (Å²) in [5.41, 5.74) is 1.74. The second-order valence-electron chi connectivity index (χ2n) is 6.64. The van der Waals surface area contributed by atoms with E-state index in [1.807, 2.05) is 13.0 Å². The third kappa shape index (κ3) is 4.50. The Bertz CT molecular complexity index is 931. The molecule has 0 radical (unpaired) electrons. The van der Waals surface area contributed by atoms with Crippen LogP contribution in [0.1, 0.15) is 17.5 Å². The number of aryl methyl sites for hydroxylation is 1. The summed E-state index contributed by atoms with van der Waals surface area (Å²) in [5, 5.41) is 13.3. The molecule has 0 spiro atoms. The Morgan fingerprint density at radius 2 is 1.96 bits per heavy atom. The predicted octanol–water partition coefficient (Wildman–Crippen LogP) is 2.09. The lowest BCUT2D eigenvalue weighted by Crippen LogP contribution is -2.45. The third-order valence-electron chi connectivity index (χ3n) is 4.52. The van der Waals surface area contributed by atoms with Crippen LogP contribution in [0.5, 0.6) is 0 Å². The van der Waals surface area contributed by atoms with Crippen molar-refractivity contribution in [2.45, 2.75) is 36.9 Å². The summed E-state index contributed by atoms with van der Waals surface area (Å²) in [6.07, 6.45) is -0.820. The van der Waals surface area contributed by atoms with Gasteiger partial charge in [-0.05, 0) is 36.8 Å².